The number of fused-ring (bicyclic) bond motifs is 4. The van der Waals surface area contributed by atoms with Gasteiger partial charge in [0.05, 0.1) is 22.4 Å². The van der Waals surface area contributed by atoms with Crippen LogP contribution in [0.1, 0.15) is 0 Å². The van der Waals surface area contributed by atoms with Crippen LogP contribution in [-0.4, -0.2) is 14.0 Å². The average molecular weight is 679 g/mol. The molecule has 0 amide bonds. The number of rotatable bonds is 7. The highest BCUT2D eigenvalue weighted by molar-refractivity contribution is 6.09. The maximum absolute atomic E-state index is 5.04. The van der Waals surface area contributed by atoms with Crippen molar-refractivity contribution >= 4 is 44.5 Å². The van der Waals surface area contributed by atoms with Gasteiger partial charge >= 0.3 is 0 Å². The molecule has 250 valence electrons. The van der Waals surface area contributed by atoms with Crippen molar-refractivity contribution in [3.05, 3.63) is 206 Å². The largest absolute Gasteiger partial charge is 0.311 e. The second-order valence-electron chi connectivity index (χ2n) is 13.3. The van der Waals surface area contributed by atoms with Gasteiger partial charge in [-0.1, -0.05) is 127 Å². The van der Waals surface area contributed by atoms with Gasteiger partial charge in [-0.2, -0.15) is 0 Å². The van der Waals surface area contributed by atoms with Crippen LogP contribution in [0.5, 0.6) is 0 Å². The van der Waals surface area contributed by atoms with E-state index in [-0.39, 0.29) is 0 Å². The van der Waals surface area contributed by atoms with Crippen molar-refractivity contribution in [2.45, 2.75) is 0 Å². The van der Waals surface area contributed by atoms with E-state index >= 15 is 0 Å². The van der Waals surface area contributed by atoms with E-state index in [9.17, 15) is 0 Å². The quantitative estimate of drug-likeness (QED) is 0.168. The van der Waals surface area contributed by atoms with Crippen molar-refractivity contribution in [3.63, 3.8) is 0 Å². The van der Waals surface area contributed by atoms with Gasteiger partial charge in [-0.15, -0.1) is 0 Å². The number of pyridine rings is 1. The molecule has 3 aromatic heterocycles. The van der Waals surface area contributed by atoms with Gasteiger partial charge in [-0.25, -0.2) is 4.98 Å². The van der Waals surface area contributed by atoms with Crippen LogP contribution >= 0.6 is 0 Å². The molecule has 0 aliphatic carbocycles. The summed E-state index contributed by atoms with van der Waals surface area (Å²) in [4.78, 5) is 7.35. The Bertz CT molecular complexity index is 2800. The van der Waals surface area contributed by atoms with Crippen molar-refractivity contribution in [1.29, 1.82) is 0 Å². The number of para-hydroxylation sites is 3. The molecule has 53 heavy (non-hydrogen) atoms. The van der Waals surface area contributed by atoms with E-state index in [0.29, 0.717) is 0 Å². The number of anilines is 3. The van der Waals surface area contributed by atoms with Crippen molar-refractivity contribution < 1.29 is 0 Å². The number of aromatic nitrogens is 3. The molecule has 10 aromatic rings. The highest BCUT2D eigenvalue weighted by Gasteiger charge is 2.18. The minimum absolute atomic E-state index is 0.929. The lowest BCUT2D eigenvalue weighted by molar-refractivity contribution is 1.18. The number of hydrogen-bond donors (Lipinski definition) is 0. The predicted octanol–water partition coefficient (Wildman–Crippen LogP) is 12.9. The number of hydrogen-bond acceptors (Lipinski definition) is 2. The first kappa shape index (κ1) is 30.6. The lowest BCUT2D eigenvalue weighted by atomic mass is 10.0. The first-order valence-electron chi connectivity index (χ1n) is 18.0. The molecule has 10 rings (SSSR count). The van der Waals surface area contributed by atoms with Crippen molar-refractivity contribution in [1.82, 2.24) is 14.0 Å². The summed E-state index contributed by atoms with van der Waals surface area (Å²) in [5, 5.41) is 2.54. The molecule has 0 fully saturated rings. The van der Waals surface area contributed by atoms with E-state index in [2.05, 4.69) is 208 Å². The van der Waals surface area contributed by atoms with Crippen LogP contribution in [0.2, 0.25) is 0 Å². The topological polar surface area (TPSA) is 25.5 Å². The Kier molecular flexibility index (Phi) is 7.43. The second kappa shape index (κ2) is 12.9. The Hall–Kier alpha value is -7.17. The number of nitrogens with zero attached hydrogens (tertiary/aromatic N) is 4. The van der Waals surface area contributed by atoms with Gasteiger partial charge in [-0.3, -0.25) is 4.40 Å². The molecule has 0 aliphatic heterocycles. The first-order chi connectivity index (χ1) is 26.3. The van der Waals surface area contributed by atoms with Crippen LogP contribution in [0.4, 0.5) is 17.1 Å². The fourth-order valence-corrected chi connectivity index (χ4v) is 7.67. The van der Waals surface area contributed by atoms with Crippen LogP contribution in [0.15, 0.2) is 206 Å². The smallest absolute Gasteiger partial charge is 0.137 e. The lowest BCUT2D eigenvalue weighted by Gasteiger charge is -2.26. The lowest BCUT2D eigenvalue weighted by Crippen LogP contribution is -2.09. The van der Waals surface area contributed by atoms with E-state index < -0.39 is 0 Å². The Labute approximate surface area is 308 Å². The molecule has 0 aliphatic rings. The fourth-order valence-electron chi connectivity index (χ4n) is 7.67. The summed E-state index contributed by atoms with van der Waals surface area (Å²) in [5.41, 5.74) is 14.4. The van der Waals surface area contributed by atoms with Crippen LogP contribution in [0, 0.1) is 0 Å². The number of imidazole rings is 1. The third kappa shape index (κ3) is 5.36. The van der Waals surface area contributed by atoms with Crippen LogP contribution in [-0.2, 0) is 0 Å². The van der Waals surface area contributed by atoms with Gasteiger partial charge < -0.3 is 9.47 Å². The normalized spacial score (nSPS) is 11.4. The molecule has 0 unspecified atom stereocenters. The van der Waals surface area contributed by atoms with Gasteiger partial charge in [0.1, 0.15) is 5.65 Å². The summed E-state index contributed by atoms with van der Waals surface area (Å²) in [6.07, 6.45) is 2.09. The van der Waals surface area contributed by atoms with Gasteiger partial charge in [0.2, 0.25) is 0 Å². The maximum Gasteiger partial charge on any atom is 0.137 e. The van der Waals surface area contributed by atoms with E-state index in [1.165, 1.54) is 32.9 Å². The zero-order valence-electron chi connectivity index (χ0n) is 28.9. The molecule has 3 heterocycles. The molecule has 0 saturated heterocycles. The van der Waals surface area contributed by atoms with Gasteiger partial charge in [-0.05, 0) is 83.9 Å². The molecule has 0 saturated carbocycles. The molecule has 4 heteroatoms. The molecule has 0 spiro atoms. The molecular weight excluding hydrogens is 645 g/mol. The Morgan fingerprint density at radius 3 is 1.49 bits per heavy atom. The minimum atomic E-state index is 0.929. The molecule has 4 nitrogen and oxygen atoms in total. The summed E-state index contributed by atoms with van der Waals surface area (Å²) in [6, 6.07) is 71.1. The predicted molar refractivity (Wildman–Crippen MR) is 221 cm³/mol. The molecule has 0 radical (unpaired) electrons. The molecule has 0 atom stereocenters. The zero-order chi connectivity index (χ0) is 35.1. The fraction of sp³-hybridized carbons (Fsp3) is 0. The Balaban J connectivity index is 0.989. The highest BCUT2D eigenvalue weighted by atomic mass is 15.1. The van der Waals surface area contributed by atoms with E-state index in [0.717, 1.165) is 50.9 Å². The van der Waals surface area contributed by atoms with Gasteiger partial charge in [0.25, 0.3) is 0 Å². The van der Waals surface area contributed by atoms with Crippen molar-refractivity contribution in [2.24, 2.45) is 0 Å². The Morgan fingerprint density at radius 2 is 0.868 bits per heavy atom. The molecule has 0 N–H and O–H groups in total. The number of benzene rings is 7. The van der Waals surface area contributed by atoms with Crippen molar-refractivity contribution in [2.75, 3.05) is 4.90 Å². The summed E-state index contributed by atoms with van der Waals surface area (Å²) < 4.78 is 4.54. The molecule has 0 bridgehead atoms. The van der Waals surface area contributed by atoms with Crippen molar-refractivity contribution in [3.8, 4) is 39.3 Å². The van der Waals surface area contributed by atoms with Crippen LogP contribution < -0.4 is 4.90 Å². The van der Waals surface area contributed by atoms with Gasteiger partial charge in [0, 0.05) is 50.8 Å². The standard InChI is InChI=1S/C49H34N4/c1-3-13-37(14-4-1)48-49(51-34-12-11-21-47(51)50-48)38-26-32-41(33-27-38)52(39-15-5-2-6-16-39)40-28-22-35(23-29-40)36-24-30-42(31-25-36)53-45-19-9-7-17-43(45)44-18-8-10-20-46(44)53/h1-34H. The van der Waals surface area contributed by atoms with E-state index in [1.807, 2.05) is 12.1 Å². The third-order valence-electron chi connectivity index (χ3n) is 10.2. The van der Waals surface area contributed by atoms with Gasteiger partial charge in [0.15, 0.2) is 0 Å². The van der Waals surface area contributed by atoms with Crippen LogP contribution in [0.25, 0.3) is 66.8 Å². The highest BCUT2D eigenvalue weighted by Crippen LogP contribution is 2.39. The summed E-state index contributed by atoms with van der Waals surface area (Å²) >= 11 is 0. The second-order valence-corrected chi connectivity index (χ2v) is 13.3. The maximum atomic E-state index is 5.04. The Morgan fingerprint density at radius 1 is 0.377 bits per heavy atom. The molecule has 7 aromatic carbocycles. The average Bonchev–Trinajstić information content (AvgIpc) is 3.79. The summed E-state index contributed by atoms with van der Waals surface area (Å²) in [7, 11) is 0. The summed E-state index contributed by atoms with van der Waals surface area (Å²) in [5.74, 6) is 0. The minimum Gasteiger partial charge on any atom is -0.311 e. The zero-order valence-corrected chi connectivity index (χ0v) is 28.9. The monoisotopic (exact) mass is 678 g/mol. The first-order valence-corrected chi connectivity index (χ1v) is 18.0. The van der Waals surface area contributed by atoms with E-state index in [4.69, 9.17) is 4.98 Å². The third-order valence-corrected chi connectivity index (χ3v) is 10.2. The summed E-state index contributed by atoms with van der Waals surface area (Å²) in [6.45, 7) is 0. The van der Waals surface area contributed by atoms with E-state index in [1.54, 1.807) is 0 Å². The molecular formula is C49H34N4. The SMILES string of the molecule is c1ccc(-c2nc3ccccn3c2-c2ccc(N(c3ccccc3)c3ccc(-c4ccc(-n5c6ccccc6c6ccccc65)cc4)cc3)cc2)cc1. The van der Waals surface area contributed by atoms with Crippen LogP contribution in [0.3, 0.4) is 0 Å².